The highest BCUT2D eigenvalue weighted by Gasteiger charge is 2.46. The normalized spacial score (nSPS) is 19.0. The van der Waals surface area contributed by atoms with E-state index < -0.39 is 21.3 Å². The highest BCUT2D eigenvalue weighted by atomic mass is 32.2. The molecule has 2 fully saturated rings. The number of hydrogen-bond acceptors (Lipinski definition) is 8. The lowest BCUT2D eigenvalue weighted by atomic mass is 9.64. The number of nitrogens with one attached hydrogen (secondary N) is 1. The quantitative estimate of drug-likeness (QED) is 0.286. The summed E-state index contributed by atoms with van der Waals surface area (Å²) in [6, 6.07) is 19.9. The number of amides is 1. The van der Waals surface area contributed by atoms with Crippen LogP contribution in [-0.2, 0) is 27.0 Å². The number of alkyl carbamates (subject to hydrolysis) is 1. The average Bonchev–Trinajstić information content (AvgIpc) is 3.50. The van der Waals surface area contributed by atoms with E-state index in [0.29, 0.717) is 12.8 Å². The summed E-state index contributed by atoms with van der Waals surface area (Å²) in [5, 5.41) is 17.3. The average molecular weight is 647 g/mol. The number of hydrogen-bond donors (Lipinski definition) is 1. The van der Waals surface area contributed by atoms with E-state index in [4.69, 9.17) is 4.74 Å². The predicted molar refractivity (Wildman–Crippen MR) is 177 cm³/mol. The number of rotatable bonds is 12. The van der Waals surface area contributed by atoms with Gasteiger partial charge >= 0.3 is 6.09 Å². The second-order valence-corrected chi connectivity index (χ2v) is 15.2. The Morgan fingerprint density at radius 2 is 1.80 bits per heavy atom. The van der Waals surface area contributed by atoms with Gasteiger partial charge < -0.3 is 19.9 Å². The molecule has 0 saturated carbocycles. The highest BCUT2D eigenvalue weighted by Crippen LogP contribution is 2.44. The van der Waals surface area contributed by atoms with E-state index in [0.717, 1.165) is 63.2 Å². The predicted octanol–water partition coefficient (Wildman–Crippen LogP) is 5.17. The van der Waals surface area contributed by atoms with Gasteiger partial charge in [-0.05, 0) is 68.1 Å². The number of ether oxygens (including phenoxy) is 1. The summed E-state index contributed by atoms with van der Waals surface area (Å²) in [4.78, 5) is 17.4. The van der Waals surface area contributed by atoms with Crippen LogP contribution >= 0.6 is 0 Å². The number of piperidine rings is 1. The SMILES string of the molecule is CCC[C@H](CC(C#N)(c1ccccc1)C1CCN(CC2(C)CN(c3ccc(S(=O)(=O)c4cnn(C)c4)cc3)C2)CC1)OC(=O)NC. The Hall–Kier alpha value is -3.88. The summed E-state index contributed by atoms with van der Waals surface area (Å²) in [5.74, 6) is 0.149. The molecule has 1 N–H and O–H groups in total. The van der Waals surface area contributed by atoms with Crippen molar-refractivity contribution in [3.8, 4) is 6.07 Å². The molecular weight excluding hydrogens is 600 g/mol. The maximum Gasteiger partial charge on any atom is 0.407 e. The monoisotopic (exact) mass is 646 g/mol. The maximum absolute atomic E-state index is 12.9. The van der Waals surface area contributed by atoms with Gasteiger partial charge in [0, 0.05) is 57.4 Å². The molecular formula is C35H46N6O4S. The topological polar surface area (TPSA) is 121 Å². The Balaban J connectivity index is 1.20. The number of aryl methyl sites for hydroxylation is 1. The Morgan fingerprint density at radius 3 is 2.37 bits per heavy atom. The molecule has 3 heterocycles. The van der Waals surface area contributed by atoms with E-state index in [2.05, 4.69) is 40.1 Å². The van der Waals surface area contributed by atoms with E-state index in [1.54, 1.807) is 26.2 Å². The molecule has 0 spiro atoms. The van der Waals surface area contributed by atoms with Crippen LogP contribution in [0.1, 0.15) is 51.5 Å². The smallest absolute Gasteiger partial charge is 0.407 e. The van der Waals surface area contributed by atoms with Crippen LogP contribution in [0.3, 0.4) is 0 Å². The van der Waals surface area contributed by atoms with E-state index in [9.17, 15) is 18.5 Å². The van der Waals surface area contributed by atoms with Crippen molar-refractivity contribution in [1.29, 1.82) is 5.26 Å². The van der Waals surface area contributed by atoms with Crippen molar-refractivity contribution >= 4 is 21.6 Å². The van der Waals surface area contributed by atoms with Crippen molar-refractivity contribution in [2.45, 2.75) is 67.3 Å². The van der Waals surface area contributed by atoms with E-state index >= 15 is 0 Å². The number of anilines is 1. The van der Waals surface area contributed by atoms with Crippen molar-refractivity contribution in [3.63, 3.8) is 0 Å². The van der Waals surface area contributed by atoms with Crippen molar-refractivity contribution in [3.05, 3.63) is 72.6 Å². The fraction of sp³-hybridized carbons (Fsp3) is 0.514. The number of nitrogens with zero attached hydrogens (tertiary/aromatic N) is 5. The number of sulfone groups is 1. The van der Waals surface area contributed by atoms with Crippen LogP contribution in [0.15, 0.2) is 76.8 Å². The summed E-state index contributed by atoms with van der Waals surface area (Å²) in [7, 11) is -0.336. The van der Waals surface area contributed by atoms with Gasteiger partial charge in [-0.25, -0.2) is 13.2 Å². The molecule has 1 aromatic heterocycles. The molecule has 1 amide bonds. The minimum absolute atomic E-state index is 0.118. The van der Waals surface area contributed by atoms with Gasteiger partial charge in [0.2, 0.25) is 9.84 Å². The minimum atomic E-state index is -3.60. The molecule has 11 heteroatoms. The van der Waals surface area contributed by atoms with Crippen molar-refractivity contribution < 1.29 is 17.9 Å². The Morgan fingerprint density at radius 1 is 1.13 bits per heavy atom. The second kappa shape index (κ2) is 13.9. The fourth-order valence-corrected chi connectivity index (χ4v) is 8.59. The summed E-state index contributed by atoms with van der Waals surface area (Å²) in [6.07, 6.45) is 5.94. The molecule has 46 heavy (non-hydrogen) atoms. The first-order valence-electron chi connectivity index (χ1n) is 16.2. The molecule has 1 unspecified atom stereocenters. The van der Waals surface area contributed by atoms with Gasteiger partial charge in [0.15, 0.2) is 0 Å². The Labute approximate surface area is 273 Å². The third kappa shape index (κ3) is 7.08. The molecule has 0 bridgehead atoms. The van der Waals surface area contributed by atoms with Crippen molar-refractivity contribution in [2.75, 3.05) is 44.7 Å². The van der Waals surface area contributed by atoms with Gasteiger partial charge in [0.25, 0.3) is 0 Å². The summed E-state index contributed by atoms with van der Waals surface area (Å²) >= 11 is 0. The fourth-order valence-electron chi connectivity index (χ4n) is 7.34. The van der Waals surface area contributed by atoms with Gasteiger partial charge in [0.05, 0.1) is 22.6 Å². The third-order valence-corrected chi connectivity index (χ3v) is 11.4. The van der Waals surface area contributed by atoms with Gasteiger partial charge in [-0.1, -0.05) is 50.6 Å². The Bertz CT molecular complexity index is 1620. The van der Waals surface area contributed by atoms with Crippen LogP contribution in [0.2, 0.25) is 0 Å². The Kier molecular flexibility index (Phi) is 10.1. The third-order valence-electron chi connectivity index (χ3n) is 9.67. The number of aromatic nitrogens is 2. The summed E-state index contributed by atoms with van der Waals surface area (Å²) in [5.41, 5.74) is 1.39. The molecule has 0 aliphatic carbocycles. The van der Waals surface area contributed by atoms with Crippen LogP contribution in [0, 0.1) is 22.7 Å². The zero-order valence-electron chi connectivity index (χ0n) is 27.4. The molecule has 3 aromatic rings. The molecule has 2 atom stereocenters. The molecule has 2 aromatic carbocycles. The standard InChI is InChI=1S/C35H46N6O4S/c1-5-9-30(45-33(42)37-3)20-35(23-36,27-10-7-6-8-11-27)28-16-18-40(19-17-28)24-34(2)25-41(26-34)29-12-14-31(15-13-29)46(43,44)32-21-38-39(4)22-32/h6-8,10-15,21-22,28,30H,5,9,16-20,24-26H2,1-4H3,(H,37,42)/t30-,35?/m1/s1. The van der Waals surface area contributed by atoms with Gasteiger partial charge in [-0.2, -0.15) is 10.4 Å². The first-order chi connectivity index (χ1) is 22.0. The first-order valence-corrected chi connectivity index (χ1v) is 17.7. The van der Waals surface area contributed by atoms with Crippen LogP contribution in [0.25, 0.3) is 0 Å². The van der Waals surface area contributed by atoms with Gasteiger partial charge in [0.1, 0.15) is 11.0 Å². The maximum atomic E-state index is 12.9. The number of likely N-dealkylation sites (tertiary alicyclic amines) is 1. The molecule has 10 nitrogen and oxygen atoms in total. The zero-order chi connectivity index (χ0) is 33.0. The second-order valence-electron chi connectivity index (χ2n) is 13.3. The number of nitriles is 1. The molecule has 2 aliphatic rings. The van der Waals surface area contributed by atoms with Gasteiger partial charge in [-0.3, -0.25) is 4.68 Å². The molecule has 5 rings (SSSR count). The number of carbonyl (C=O) groups excluding carboxylic acids is 1. The van der Waals surface area contributed by atoms with Crippen molar-refractivity contribution in [1.82, 2.24) is 20.0 Å². The van der Waals surface area contributed by atoms with Crippen molar-refractivity contribution in [2.24, 2.45) is 18.4 Å². The van der Waals surface area contributed by atoms with E-state index in [1.165, 1.54) is 17.1 Å². The van der Waals surface area contributed by atoms with Crippen LogP contribution in [0.5, 0.6) is 0 Å². The van der Waals surface area contributed by atoms with Crippen LogP contribution in [-0.4, -0.2) is 75.1 Å². The van der Waals surface area contributed by atoms with E-state index in [-0.39, 0.29) is 27.2 Å². The number of carbonyl (C=O) groups is 1. The molecule has 0 radical (unpaired) electrons. The first kappa shape index (κ1) is 33.5. The molecule has 2 saturated heterocycles. The minimum Gasteiger partial charge on any atom is -0.446 e. The lowest BCUT2D eigenvalue weighted by Gasteiger charge is -2.52. The lowest BCUT2D eigenvalue weighted by molar-refractivity contribution is 0.0511. The van der Waals surface area contributed by atoms with Crippen LogP contribution in [0.4, 0.5) is 10.5 Å². The zero-order valence-corrected chi connectivity index (χ0v) is 28.2. The largest absolute Gasteiger partial charge is 0.446 e. The summed E-state index contributed by atoms with van der Waals surface area (Å²) < 4.78 is 33.1. The van der Waals surface area contributed by atoms with E-state index in [1.807, 2.05) is 42.5 Å². The summed E-state index contributed by atoms with van der Waals surface area (Å²) in [6.45, 7) is 8.95. The number of benzene rings is 2. The van der Waals surface area contributed by atoms with Crippen LogP contribution < -0.4 is 10.2 Å². The lowest BCUT2D eigenvalue weighted by Crippen LogP contribution is -2.60. The molecule has 246 valence electrons. The van der Waals surface area contributed by atoms with Gasteiger partial charge in [-0.15, -0.1) is 0 Å². The highest BCUT2D eigenvalue weighted by molar-refractivity contribution is 7.91. The molecule has 2 aliphatic heterocycles.